The lowest BCUT2D eigenvalue weighted by Gasteiger charge is -2.06. The van der Waals surface area contributed by atoms with Crippen LogP contribution in [0.5, 0.6) is 0 Å². The van der Waals surface area contributed by atoms with Crippen LogP contribution >= 0.6 is 15.9 Å². The first-order valence-electron chi connectivity index (χ1n) is 5.49. The van der Waals surface area contributed by atoms with Crippen LogP contribution in [-0.4, -0.2) is 31.4 Å². The number of rotatable bonds is 4. The van der Waals surface area contributed by atoms with E-state index in [-0.39, 0.29) is 11.4 Å². The minimum Gasteiger partial charge on any atom is -0.370 e. The zero-order valence-corrected chi connectivity index (χ0v) is 11.9. The summed E-state index contributed by atoms with van der Waals surface area (Å²) in [6.07, 6.45) is 0. The van der Waals surface area contributed by atoms with Crippen LogP contribution in [0.15, 0.2) is 16.7 Å². The summed E-state index contributed by atoms with van der Waals surface area (Å²) in [5, 5.41) is 21.7. The number of aromatic nitrogens is 4. The molecule has 0 saturated heterocycles. The van der Waals surface area contributed by atoms with E-state index in [1.165, 1.54) is 10.7 Å². The molecule has 100 valence electrons. The number of halogens is 1. The quantitative estimate of drug-likeness (QED) is 0.681. The van der Waals surface area contributed by atoms with Crippen molar-refractivity contribution in [2.75, 3.05) is 11.9 Å². The molecule has 2 aromatic heterocycles. The minimum absolute atomic E-state index is 0.0900. The average Bonchev–Trinajstić information content (AvgIpc) is 2.69. The second-order valence-corrected chi connectivity index (χ2v) is 4.46. The lowest BCUT2D eigenvalue weighted by Crippen LogP contribution is -2.04. The smallest absolute Gasteiger partial charge is 0.297 e. The maximum absolute atomic E-state index is 11.1. The lowest BCUT2D eigenvalue weighted by molar-refractivity contribution is -0.384. The molecule has 0 spiro atoms. The Bertz CT molecular complexity index is 607. The molecule has 2 aromatic rings. The Morgan fingerprint density at radius 3 is 2.79 bits per heavy atom. The Balaban J connectivity index is 2.64. The van der Waals surface area contributed by atoms with E-state index in [2.05, 4.69) is 36.5 Å². The fourth-order valence-corrected chi connectivity index (χ4v) is 2.15. The van der Waals surface area contributed by atoms with E-state index in [9.17, 15) is 10.1 Å². The summed E-state index contributed by atoms with van der Waals surface area (Å²) >= 11 is 3.22. The number of pyridine rings is 1. The van der Waals surface area contributed by atoms with Crippen molar-refractivity contribution in [1.82, 2.24) is 20.0 Å². The number of hydrogen-bond acceptors (Lipinski definition) is 6. The molecule has 0 aromatic carbocycles. The van der Waals surface area contributed by atoms with Crippen LogP contribution in [0.25, 0.3) is 11.4 Å². The van der Waals surface area contributed by atoms with E-state index in [4.69, 9.17) is 0 Å². The highest BCUT2D eigenvalue weighted by Gasteiger charge is 2.23. The predicted octanol–water partition coefficient (Wildman–Crippen LogP) is 1.98. The summed E-state index contributed by atoms with van der Waals surface area (Å²) in [4.78, 5) is 14.9. The molecule has 0 aliphatic rings. The summed E-state index contributed by atoms with van der Waals surface area (Å²) in [6.45, 7) is 2.60. The third kappa shape index (κ3) is 2.55. The molecule has 0 saturated carbocycles. The molecule has 2 rings (SSSR count). The maximum Gasteiger partial charge on any atom is 0.297 e. The number of aryl methyl sites for hydroxylation is 1. The standard InChI is InChI=1S/C10H11BrN6O2/c1-3-12-7-5-4-6(17(18)19)8(13-7)9-10(11)14-15-16(9)2/h4-5H,3H2,1-2H3,(H,12,13). The number of nitro groups is 1. The topological polar surface area (TPSA) is 98.8 Å². The second kappa shape index (κ2) is 5.31. The van der Waals surface area contributed by atoms with Crippen molar-refractivity contribution in [1.29, 1.82) is 0 Å². The molecule has 19 heavy (non-hydrogen) atoms. The molecule has 0 bridgehead atoms. The normalized spacial score (nSPS) is 10.5. The van der Waals surface area contributed by atoms with Gasteiger partial charge in [-0.1, -0.05) is 5.21 Å². The first-order valence-corrected chi connectivity index (χ1v) is 6.28. The fraction of sp³-hybridized carbons (Fsp3) is 0.300. The third-order valence-electron chi connectivity index (χ3n) is 2.44. The summed E-state index contributed by atoms with van der Waals surface area (Å²) in [5.74, 6) is 0.566. The van der Waals surface area contributed by atoms with E-state index >= 15 is 0 Å². The van der Waals surface area contributed by atoms with Crippen LogP contribution in [0.3, 0.4) is 0 Å². The van der Waals surface area contributed by atoms with Crippen molar-refractivity contribution < 1.29 is 4.92 Å². The van der Waals surface area contributed by atoms with E-state index in [0.29, 0.717) is 22.7 Å². The van der Waals surface area contributed by atoms with Crippen LogP contribution < -0.4 is 5.32 Å². The minimum atomic E-state index is -0.475. The highest BCUT2D eigenvalue weighted by molar-refractivity contribution is 9.10. The van der Waals surface area contributed by atoms with Crippen molar-refractivity contribution in [3.8, 4) is 11.4 Å². The molecule has 0 aliphatic carbocycles. The van der Waals surface area contributed by atoms with Crippen molar-refractivity contribution in [2.45, 2.75) is 6.92 Å². The molecule has 0 atom stereocenters. The zero-order valence-electron chi connectivity index (χ0n) is 10.3. The van der Waals surface area contributed by atoms with Crippen molar-refractivity contribution in [3.05, 3.63) is 26.9 Å². The highest BCUT2D eigenvalue weighted by Crippen LogP contribution is 2.32. The van der Waals surface area contributed by atoms with Crippen molar-refractivity contribution in [3.63, 3.8) is 0 Å². The van der Waals surface area contributed by atoms with Gasteiger partial charge in [0.2, 0.25) is 0 Å². The number of hydrogen-bond donors (Lipinski definition) is 1. The van der Waals surface area contributed by atoms with Gasteiger partial charge in [-0.3, -0.25) is 10.1 Å². The van der Waals surface area contributed by atoms with Crippen LogP contribution in [0, 0.1) is 10.1 Å². The van der Waals surface area contributed by atoms with Gasteiger partial charge in [0.15, 0.2) is 10.3 Å². The van der Waals surface area contributed by atoms with Crippen LogP contribution in [0.1, 0.15) is 6.92 Å². The Hall–Kier alpha value is -2.03. The largest absolute Gasteiger partial charge is 0.370 e. The predicted molar refractivity (Wildman–Crippen MR) is 72.8 cm³/mol. The van der Waals surface area contributed by atoms with Gasteiger partial charge in [-0.05, 0) is 28.9 Å². The maximum atomic E-state index is 11.1. The zero-order chi connectivity index (χ0) is 14.0. The van der Waals surface area contributed by atoms with Gasteiger partial charge in [0.05, 0.1) is 4.92 Å². The highest BCUT2D eigenvalue weighted by atomic mass is 79.9. The monoisotopic (exact) mass is 326 g/mol. The lowest BCUT2D eigenvalue weighted by atomic mass is 10.2. The second-order valence-electron chi connectivity index (χ2n) is 3.70. The van der Waals surface area contributed by atoms with Crippen molar-refractivity contribution in [2.24, 2.45) is 7.05 Å². The number of nitrogens with zero attached hydrogens (tertiary/aromatic N) is 5. The molecule has 8 nitrogen and oxygen atoms in total. The molecule has 1 N–H and O–H groups in total. The first-order chi connectivity index (χ1) is 9.04. The van der Waals surface area contributed by atoms with Gasteiger partial charge in [-0.2, -0.15) is 0 Å². The Morgan fingerprint density at radius 2 is 2.26 bits per heavy atom. The SMILES string of the molecule is CCNc1ccc([N+](=O)[O-])c(-c2c(Br)nnn2C)n1. The van der Waals surface area contributed by atoms with Gasteiger partial charge in [0.1, 0.15) is 11.5 Å². The molecular weight excluding hydrogens is 316 g/mol. The molecule has 0 aliphatic heterocycles. The third-order valence-corrected chi connectivity index (χ3v) is 2.97. The summed E-state index contributed by atoms with van der Waals surface area (Å²) in [5.41, 5.74) is 0.599. The van der Waals surface area contributed by atoms with E-state index in [1.807, 2.05) is 6.92 Å². The molecule has 0 unspecified atom stereocenters. The Kier molecular flexibility index (Phi) is 3.74. The van der Waals surface area contributed by atoms with Gasteiger partial charge in [0.25, 0.3) is 5.69 Å². The average molecular weight is 327 g/mol. The van der Waals surface area contributed by atoms with Crippen LogP contribution in [-0.2, 0) is 7.05 Å². The van der Waals surface area contributed by atoms with Crippen LogP contribution in [0.2, 0.25) is 0 Å². The van der Waals surface area contributed by atoms with Gasteiger partial charge < -0.3 is 5.32 Å². The summed E-state index contributed by atoms with van der Waals surface area (Å²) in [7, 11) is 1.65. The Labute approximate surface area is 117 Å². The van der Waals surface area contributed by atoms with E-state index in [0.717, 1.165) is 0 Å². The number of nitrogens with one attached hydrogen (secondary N) is 1. The molecule has 0 radical (unpaired) electrons. The van der Waals surface area contributed by atoms with E-state index < -0.39 is 4.92 Å². The first kappa shape index (κ1) is 13.4. The number of anilines is 1. The summed E-state index contributed by atoms with van der Waals surface area (Å²) < 4.78 is 1.86. The molecular formula is C10H11BrN6O2. The molecule has 2 heterocycles. The Morgan fingerprint density at radius 1 is 1.53 bits per heavy atom. The van der Waals surface area contributed by atoms with Gasteiger partial charge in [-0.25, -0.2) is 9.67 Å². The molecule has 0 fully saturated rings. The van der Waals surface area contributed by atoms with Crippen molar-refractivity contribution >= 4 is 27.4 Å². The van der Waals surface area contributed by atoms with Gasteiger partial charge in [-0.15, -0.1) is 5.10 Å². The summed E-state index contributed by atoms with van der Waals surface area (Å²) in [6, 6.07) is 2.99. The molecule has 0 amide bonds. The van der Waals surface area contributed by atoms with E-state index in [1.54, 1.807) is 13.1 Å². The van der Waals surface area contributed by atoms with Gasteiger partial charge in [0, 0.05) is 19.7 Å². The fourth-order valence-electron chi connectivity index (χ4n) is 1.64. The van der Waals surface area contributed by atoms with Gasteiger partial charge >= 0.3 is 0 Å². The van der Waals surface area contributed by atoms with Crippen LogP contribution in [0.4, 0.5) is 11.5 Å². The molecule has 9 heteroatoms.